The van der Waals surface area contributed by atoms with Gasteiger partial charge in [0.15, 0.2) is 0 Å². The number of likely N-dealkylation sites (N-methyl/N-ethyl adjacent to an activating group) is 1. The monoisotopic (exact) mass is 157 g/mol. The van der Waals surface area contributed by atoms with Crippen LogP contribution in [-0.2, 0) is 4.74 Å². The molecule has 11 heavy (non-hydrogen) atoms. The van der Waals surface area contributed by atoms with Crippen molar-refractivity contribution in [3.63, 3.8) is 0 Å². The Hall–Kier alpha value is -0.0800. The Kier molecular flexibility index (Phi) is 3.87. The minimum absolute atomic E-state index is 0.376. The second kappa shape index (κ2) is 4.73. The number of ether oxygens (including phenoxy) is 1. The molecule has 1 saturated carbocycles. The fourth-order valence-electron chi connectivity index (χ4n) is 1.31. The summed E-state index contributed by atoms with van der Waals surface area (Å²) in [6, 6.07) is 0. The fraction of sp³-hybridized carbons (Fsp3) is 1.00. The van der Waals surface area contributed by atoms with Crippen molar-refractivity contribution in [3.05, 3.63) is 0 Å². The van der Waals surface area contributed by atoms with Gasteiger partial charge in [-0.1, -0.05) is 6.42 Å². The van der Waals surface area contributed by atoms with E-state index in [-0.39, 0.29) is 0 Å². The lowest BCUT2D eigenvalue weighted by Crippen LogP contribution is -2.27. The van der Waals surface area contributed by atoms with Crippen LogP contribution in [0.2, 0.25) is 0 Å². The zero-order valence-corrected chi connectivity index (χ0v) is 7.60. The van der Waals surface area contributed by atoms with E-state index in [0.717, 1.165) is 19.1 Å². The van der Waals surface area contributed by atoms with Gasteiger partial charge in [0.25, 0.3) is 0 Å². The molecule has 2 nitrogen and oxygen atoms in total. The first-order chi connectivity index (χ1) is 5.33. The standard InChI is InChI=1S/C9H19NO/c1-8(6-10-2)11-7-9-4-3-5-9/h8-10H,3-7H2,1-2H3. The molecule has 0 heterocycles. The van der Waals surface area contributed by atoms with Crippen molar-refractivity contribution in [1.82, 2.24) is 5.32 Å². The molecule has 0 aliphatic heterocycles. The summed E-state index contributed by atoms with van der Waals surface area (Å²) in [5.74, 6) is 0.870. The smallest absolute Gasteiger partial charge is 0.0671 e. The minimum Gasteiger partial charge on any atom is -0.377 e. The van der Waals surface area contributed by atoms with Crippen LogP contribution in [0.15, 0.2) is 0 Å². The number of rotatable bonds is 5. The predicted molar refractivity (Wildman–Crippen MR) is 46.7 cm³/mol. The van der Waals surface area contributed by atoms with Gasteiger partial charge in [0.2, 0.25) is 0 Å². The molecule has 0 aromatic carbocycles. The summed E-state index contributed by atoms with van der Waals surface area (Å²) in [6.07, 6.45) is 4.55. The summed E-state index contributed by atoms with van der Waals surface area (Å²) in [5, 5.41) is 3.10. The Balaban J connectivity index is 1.92. The average Bonchev–Trinajstić information content (AvgIpc) is 1.85. The summed E-state index contributed by atoms with van der Waals surface area (Å²) in [4.78, 5) is 0. The van der Waals surface area contributed by atoms with Crippen LogP contribution in [0, 0.1) is 5.92 Å². The van der Waals surface area contributed by atoms with Crippen LogP contribution in [0.25, 0.3) is 0 Å². The molecule has 0 aromatic heterocycles. The second-order valence-electron chi connectivity index (χ2n) is 3.50. The Bertz CT molecular complexity index is 102. The van der Waals surface area contributed by atoms with Crippen molar-refractivity contribution in [2.45, 2.75) is 32.3 Å². The Morgan fingerprint density at radius 1 is 1.55 bits per heavy atom. The van der Waals surface area contributed by atoms with Gasteiger partial charge in [-0.3, -0.25) is 0 Å². The van der Waals surface area contributed by atoms with Crippen LogP contribution < -0.4 is 5.32 Å². The van der Waals surface area contributed by atoms with E-state index in [1.165, 1.54) is 19.3 Å². The lowest BCUT2D eigenvalue weighted by atomic mass is 9.86. The summed E-state index contributed by atoms with van der Waals surface area (Å²) < 4.78 is 5.62. The molecule has 1 unspecified atom stereocenters. The number of nitrogens with one attached hydrogen (secondary N) is 1. The summed E-state index contributed by atoms with van der Waals surface area (Å²) in [5.41, 5.74) is 0. The molecule has 2 heteroatoms. The molecule has 0 bridgehead atoms. The molecule has 0 saturated heterocycles. The number of hydrogen-bond donors (Lipinski definition) is 1. The van der Waals surface area contributed by atoms with Gasteiger partial charge in [-0.2, -0.15) is 0 Å². The normalized spacial score (nSPS) is 21.3. The zero-order valence-electron chi connectivity index (χ0n) is 7.60. The van der Waals surface area contributed by atoms with Crippen LogP contribution in [-0.4, -0.2) is 26.3 Å². The maximum absolute atomic E-state index is 5.62. The molecule has 1 rings (SSSR count). The molecule has 1 aliphatic rings. The summed E-state index contributed by atoms with van der Waals surface area (Å²) >= 11 is 0. The van der Waals surface area contributed by atoms with Gasteiger partial charge in [-0.25, -0.2) is 0 Å². The molecule has 0 radical (unpaired) electrons. The molecule has 0 spiro atoms. The molecular formula is C9H19NO. The maximum Gasteiger partial charge on any atom is 0.0671 e. The van der Waals surface area contributed by atoms with Gasteiger partial charge in [-0.05, 0) is 32.7 Å². The third kappa shape index (κ3) is 3.21. The van der Waals surface area contributed by atoms with Gasteiger partial charge in [-0.15, -0.1) is 0 Å². The van der Waals surface area contributed by atoms with Crippen LogP contribution in [0.1, 0.15) is 26.2 Å². The van der Waals surface area contributed by atoms with Crippen molar-refractivity contribution < 1.29 is 4.74 Å². The highest BCUT2D eigenvalue weighted by Crippen LogP contribution is 2.26. The predicted octanol–water partition coefficient (Wildman–Crippen LogP) is 1.41. The number of hydrogen-bond acceptors (Lipinski definition) is 2. The molecule has 66 valence electrons. The van der Waals surface area contributed by atoms with Crippen LogP contribution in [0.3, 0.4) is 0 Å². The first-order valence-corrected chi connectivity index (χ1v) is 4.59. The molecule has 1 aliphatic carbocycles. The van der Waals surface area contributed by atoms with E-state index in [2.05, 4.69) is 12.2 Å². The van der Waals surface area contributed by atoms with E-state index in [9.17, 15) is 0 Å². The zero-order chi connectivity index (χ0) is 8.10. The third-order valence-corrected chi connectivity index (χ3v) is 2.33. The van der Waals surface area contributed by atoms with Gasteiger partial charge in [0.1, 0.15) is 0 Å². The van der Waals surface area contributed by atoms with Gasteiger partial charge >= 0.3 is 0 Å². The van der Waals surface area contributed by atoms with Crippen molar-refractivity contribution in [3.8, 4) is 0 Å². The minimum atomic E-state index is 0.376. The van der Waals surface area contributed by atoms with Crippen LogP contribution in [0.4, 0.5) is 0 Å². The highest BCUT2D eigenvalue weighted by atomic mass is 16.5. The first kappa shape index (κ1) is 9.01. The average molecular weight is 157 g/mol. The summed E-state index contributed by atoms with van der Waals surface area (Å²) in [6.45, 7) is 4.06. The quantitative estimate of drug-likeness (QED) is 0.651. The van der Waals surface area contributed by atoms with E-state index >= 15 is 0 Å². The molecular weight excluding hydrogens is 138 g/mol. The Morgan fingerprint density at radius 2 is 2.27 bits per heavy atom. The van der Waals surface area contributed by atoms with Crippen molar-refractivity contribution in [2.24, 2.45) is 5.92 Å². The molecule has 0 amide bonds. The van der Waals surface area contributed by atoms with E-state index in [1.54, 1.807) is 0 Å². The first-order valence-electron chi connectivity index (χ1n) is 4.59. The van der Waals surface area contributed by atoms with E-state index in [1.807, 2.05) is 7.05 Å². The van der Waals surface area contributed by atoms with Crippen molar-refractivity contribution in [2.75, 3.05) is 20.2 Å². The molecule has 1 atom stereocenters. The van der Waals surface area contributed by atoms with Gasteiger partial charge in [0, 0.05) is 13.2 Å². The van der Waals surface area contributed by atoms with Gasteiger partial charge in [0.05, 0.1) is 6.10 Å². The van der Waals surface area contributed by atoms with Crippen molar-refractivity contribution >= 4 is 0 Å². The largest absolute Gasteiger partial charge is 0.377 e. The van der Waals surface area contributed by atoms with E-state index < -0.39 is 0 Å². The third-order valence-electron chi connectivity index (χ3n) is 2.33. The maximum atomic E-state index is 5.62. The van der Waals surface area contributed by atoms with Crippen LogP contribution in [0.5, 0.6) is 0 Å². The lowest BCUT2D eigenvalue weighted by molar-refractivity contribution is 0.0216. The lowest BCUT2D eigenvalue weighted by Gasteiger charge is -2.26. The van der Waals surface area contributed by atoms with E-state index in [4.69, 9.17) is 4.74 Å². The molecule has 1 N–H and O–H groups in total. The Morgan fingerprint density at radius 3 is 2.73 bits per heavy atom. The Labute approximate surface area is 69.3 Å². The topological polar surface area (TPSA) is 21.3 Å². The highest BCUT2D eigenvalue weighted by molar-refractivity contribution is 4.69. The highest BCUT2D eigenvalue weighted by Gasteiger charge is 2.17. The summed E-state index contributed by atoms with van der Waals surface area (Å²) in [7, 11) is 1.96. The SMILES string of the molecule is CNCC(C)OCC1CCC1. The van der Waals surface area contributed by atoms with Crippen LogP contribution >= 0.6 is 0 Å². The molecule has 1 fully saturated rings. The van der Waals surface area contributed by atoms with Crippen molar-refractivity contribution in [1.29, 1.82) is 0 Å². The second-order valence-corrected chi connectivity index (χ2v) is 3.50. The molecule has 0 aromatic rings. The van der Waals surface area contributed by atoms with E-state index in [0.29, 0.717) is 6.10 Å². The van der Waals surface area contributed by atoms with Gasteiger partial charge < -0.3 is 10.1 Å². The fourth-order valence-corrected chi connectivity index (χ4v) is 1.31.